The van der Waals surface area contributed by atoms with Gasteiger partial charge in [0.1, 0.15) is 5.75 Å². The van der Waals surface area contributed by atoms with Crippen molar-refractivity contribution in [2.45, 2.75) is 24.2 Å². The lowest BCUT2D eigenvalue weighted by molar-refractivity contribution is -0.118. The highest BCUT2D eigenvalue weighted by atomic mass is 32.2. The third-order valence-corrected chi connectivity index (χ3v) is 8.28. The summed E-state index contributed by atoms with van der Waals surface area (Å²) in [5.41, 5.74) is 0.935. The van der Waals surface area contributed by atoms with Crippen molar-refractivity contribution < 1.29 is 26.4 Å². The Balaban J connectivity index is 1.54. The summed E-state index contributed by atoms with van der Waals surface area (Å²) >= 11 is 0. The largest absolute Gasteiger partial charge is 0.484 e. The van der Waals surface area contributed by atoms with Gasteiger partial charge in [-0.05, 0) is 61.4 Å². The molecule has 9 nitrogen and oxygen atoms in total. The van der Waals surface area contributed by atoms with Crippen LogP contribution >= 0.6 is 0 Å². The number of anilines is 2. The normalized spacial score (nSPS) is 15.2. The van der Waals surface area contributed by atoms with Crippen molar-refractivity contribution in [3.05, 3.63) is 48.5 Å². The summed E-state index contributed by atoms with van der Waals surface area (Å²) in [6.45, 7) is 0.808. The van der Waals surface area contributed by atoms with Gasteiger partial charge in [0, 0.05) is 25.8 Å². The summed E-state index contributed by atoms with van der Waals surface area (Å²) in [6.07, 6.45) is 3.88. The summed E-state index contributed by atoms with van der Waals surface area (Å²) in [7, 11) is -5.43. The average molecular weight is 482 g/mol. The molecule has 32 heavy (non-hydrogen) atoms. The van der Waals surface area contributed by atoms with Gasteiger partial charge in [-0.25, -0.2) is 16.8 Å². The first-order chi connectivity index (χ1) is 15.1. The van der Waals surface area contributed by atoms with E-state index in [1.807, 2.05) is 0 Å². The van der Waals surface area contributed by atoms with Crippen LogP contribution < -0.4 is 14.4 Å². The van der Waals surface area contributed by atoms with E-state index in [9.17, 15) is 21.6 Å². The van der Waals surface area contributed by atoms with Gasteiger partial charge in [-0.1, -0.05) is 6.42 Å². The minimum atomic E-state index is -3.52. The molecule has 1 heterocycles. The minimum absolute atomic E-state index is 0.202. The first-order valence-electron chi connectivity index (χ1n) is 10.1. The lowest BCUT2D eigenvalue weighted by atomic mass is 10.2. The van der Waals surface area contributed by atoms with Gasteiger partial charge in [0.05, 0.1) is 16.8 Å². The van der Waals surface area contributed by atoms with Crippen LogP contribution in [0, 0.1) is 0 Å². The van der Waals surface area contributed by atoms with Gasteiger partial charge >= 0.3 is 0 Å². The molecule has 3 rings (SSSR count). The Kier molecular flexibility index (Phi) is 7.42. The van der Waals surface area contributed by atoms with E-state index in [4.69, 9.17) is 4.74 Å². The van der Waals surface area contributed by atoms with Crippen molar-refractivity contribution in [1.82, 2.24) is 4.31 Å². The molecule has 1 N–H and O–H groups in total. The molecule has 1 amide bonds. The number of carbonyl (C=O) groups excluding carboxylic acids is 1. The molecule has 0 aliphatic carbocycles. The molecule has 0 spiro atoms. The molecule has 0 aromatic heterocycles. The molecule has 0 radical (unpaired) electrons. The predicted octanol–water partition coefficient (Wildman–Crippen LogP) is 2.27. The number of rotatable bonds is 8. The van der Waals surface area contributed by atoms with Crippen molar-refractivity contribution in [3.63, 3.8) is 0 Å². The van der Waals surface area contributed by atoms with Crippen molar-refractivity contribution >= 4 is 37.3 Å². The molecule has 1 fully saturated rings. The molecule has 0 saturated carbocycles. The molecule has 1 aliphatic heterocycles. The van der Waals surface area contributed by atoms with E-state index >= 15 is 0 Å². The van der Waals surface area contributed by atoms with Crippen molar-refractivity contribution in [2.24, 2.45) is 0 Å². The lowest BCUT2D eigenvalue weighted by Crippen LogP contribution is -2.35. The number of hydrogen-bond donors (Lipinski definition) is 1. The standard InChI is InChI=1S/C21H27N3O6S2/c1-23(31(2,26)27)18-8-10-19(11-9-18)30-16-21(25)22-17-6-12-20(13-7-17)32(28,29)24-14-4-3-5-15-24/h6-13H,3-5,14-16H2,1-2H3,(H,22,25). The fourth-order valence-corrected chi connectivity index (χ4v) is 5.28. The molecule has 2 aromatic carbocycles. The maximum Gasteiger partial charge on any atom is 0.262 e. The zero-order valence-electron chi connectivity index (χ0n) is 18.0. The molecule has 0 unspecified atom stereocenters. The Bertz CT molecular complexity index is 1140. The van der Waals surface area contributed by atoms with Crippen LogP contribution in [0.3, 0.4) is 0 Å². The Morgan fingerprint density at radius 2 is 1.56 bits per heavy atom. The molecular weight excluding hydrogens is 454 g/mol. The number of amides is 1. The highest BCUT2D eigenvalue weighted by Crippen LogP contribution is 2.22. The molecule has 0 bridgehead atoms. The second-order valence-electron chi connectivity index (χ2n) is 7.55. The van der Waals surface area contributed by atoms with Crippen molar-refractivity contribution in [2.75, 3.05) is 42.6 Å². The van der Waals surface area contributed by atoms with E-state index in [-0.39, 0.29) is 11.5 Å². The molecule has 1 saturated heterocycles. The first-order valence-corrected chi connectivity index (χ1v) is 13.4. The van der Waals surface area contributed by atoms with Crippen LogP contribution in [0.2, 0.25) is 0 Å². The maximum absolute atomic E-state index is 12.7. The van der Waals surface area contributed by atoms with Crippen LogP contribution in [0.1, 0.15) is 19.3 Å². The maximum atomic E-state index is 12.7. The monoisotopic (exact) mass is 481 g/mol. The molecule has 174 valence electrons. The number of nitrogens with zero attached hydrogens (tertiary/aromatic N) is 2. The van der Waals surface area contributed by atoms with E-state index < -0.39 is 26.0 Å². The SMILES string of the molecule is CN(c1ccc(OCC(=O)Nc2ccc(S(=O)(=O)N3CCCCC3)cc2)cc1)S(C)(=O)=O. The molecular formula is C21H27N3O6S2. The molecule has 2 aromatic rings. The summed E-state index contributed by atoms with van der Waals surface area (Å²) in [4.78, 5) is 12.4. The fraction of sp³-hybridized carbons (Fsp3) is 0.381. The van der Waals surface area contributed by atoms with E-state index in [0.29, 0.717) is 30.2 Å². The van der Waals surface area contributed by atoms with Crippen LogP contribution in [-0.2, 0) is 24.8 Å². The Morgan fingerprint density at radius 1 is 0.969 bits per heavy atom. The van der Waals surface area contributed by atoms with E-state index in [1.165, 1.54) is 23.5 Å². The van der Waals surface area contributed by atoms with E-state index in [1.54, 1.807) is 36.4 Å². The highest BCUT2D eigenvalue weighted by Gasteiger charge is 2.25. The number of carbonyl (C=O) groups is 1. The zero-order chi connectivity index (χ0) is 23.4. The molecule has 11 heteroatoms. The third kappa shape index (κ3) is 5.99. The Morgan fingerprint density at radius 3 is 2.12 bits per heavy atom. The number of benzene rings is 2. The quantitative estimate of drug-likeness (QED) is 0.619. The second-order valence-corrected chi connectivity index (χ2v) is 11.5. The van der Waals surface area contributed by atoms with E-state index in [2.05, 4.69) is 5.32 Å². The minimum Gasteiger partial charge on any atom is -0.484 e. The number of piperidine rings is 1. The second kappa shape index (κ2) is 9.88. The van der Waals surface area contributed by atoms with Gasteiger partial charge < -0.3 is 10.1 Å². The summed E-state index contributed by atoms with van der Waals surface area (Å²) < 4.78 is 56.6. The average Bonchev–Trinajstić information content (AvgIpc) is 2.78. The van der Waals surface area contributed by atoms with Gasteiger partial charge in [-0.15, -0.1) is 0 Å². The van der Waals surface area contributed by atoms with Gasteiger partial charge in [-0.2, -0.15) is 4.31 Å². The summed E-state index contributed by atoms with van der Waals surface area (Å²) in [5.74, 6) is 0.00254. The fourth-order valence-electron chi connectivity index (χ4n) is 3.25. The number of nitrogens with one attached hydrogen (secondary N) is 1. The van der Waals surface area contributed by atoms with Gasteiger partial charge in [0.25, 0.3) is 5.91 Å². The van der Waals surface area contributed by atoms with Crippen LogP contribution in [-0.4, -0.2) is 60.0 Å². The summed E-state index contributed by atoms with van der Waals surface area (Å²) in [5, 5.41) is 2.66. The van der Waals surface area contributed by atoms with Crippen LogP contribution in [0.25, 0.3) is 0 Å². The van der Waals surface area contributed by atoms with Crippen molar-refractivity contribution in [1.29, 1.82) is 0 Å². The van der Waals surface area contributed by atoms with Gasteiger partial charge in [-0.3, -0.25) is 9.10 Å². The highest BCUT2D eigenvalue weighted by molar-refractivity contribution is 7.92. The molecule has 0 atom stereocenters. The number of hydrogen-bond acceptors (Lipinski definition) is 6. The Hall–Kier alpha value is -2.63. The Labute approximate surface area is 189 Å². The lowest BCUT2D eigenvalue weighted by Gasteiger charge is -2.25. The third-order valence-electron chi connectivity index (χ3n) is 5.16. The van der Waals surface area contributed by atoms with Crippen LogP contribution in [0.4, 0.5) is 11.4 Å². The predicted molar refractivity (Wildman–Crippen MR) is 123 cm³/mol. The van der Waals surface area contributed by atoms with Gasteiger partial charge in [0.2, 0.25) is 20.0 Å². The number of ether oxygens (including phenoxy) is 1. The number of sulfonamides is 2. The summed E-state index contributed by atoms with van der Waals surface area (Å²) in [6, 6.07) is 12.4. The molecule has 1 aliphatic rings. The topological polar surface area (TPSA) is 113 Å². The van der Waals surface area contributed by atoms with Gasteiger partial charge in [0.15, 0.2) is 6.61 Å². The zero-order valence-corrected chi connectivity index (χ0v) is 19.7. The van der Waals surface area contributed by atoms with E-state index in [0.717, 1.165) is 29.8 Å². The van der Waals surface area contributed by atoms with Crippen LogP contribution in [0.5, 0.6) is 5.75 Å². The van der Waals surface area contributed by atoms with Crippen molar-refractivity contribution in [3.8, 4) is 5.75 Å². The van der Waals surface area contributed by atoms with Crippen LogP contribution in [0.15, 0.2) is 53.4 Å². The smallest absolute Gasteiger partial charge is 0.262 e. The first kappa shape index (κ1) is 24.0.